The van der Waals surface area contributed by atoms with Crippen molar-refractivity contribution in [3.8, 4) is 5.75 Å². The van der Waals surface area contributed by atoms with Gasteiger partial charge in [0, 0.05) is 27.2 Å². The third kappa shape index (κ3) is 5.25. The molecular weight excluding hydrogens is 448 g/mol. The van der Waals surface area contributed by atoms with Gasteiger partial charge < -0.3 is 14.5 Å². The number of carbonyl (C=O) groups is 2. The van der Waals surface area contributed by atoms with Crippen LogP contribution in [-0.4, -0.2) is 55.4 Å². The van der Waals surface area contributed by atoms with Gasteiger partial charge >= 0.3 is 0 Å². The zero-order chi connectivity index (χ0) is 24.5. The van der Waals surface area contributed by atoms with E-state index < -0.39 is 5.41 Å². The average Bonchev–Trinajstić information content (AvgIpc) is 3.62. The van der Waals surface area contributed by atoms with E-state index in [9.17, 15) is 9.59 Å². The molecule has 0 unspecified atom stereocenters. The van der Waals surface area contributed by atoms with Gasteiger partial charge in [-0.15, -0.1) is 0 Å². The number of amides is 2. The van der Waals surface area contributed by atoms with E-state index >= 15 is 0 Å². The van der Waals surface area contributed by atoms with Crippen LogP contribution in [0.4, 0.5) is 0 Å². The van der Waals surface area contributed by atoms with Gasteiger partial charge in [-0.05, 0) is 74.6 Å². The molecule has 2 amide bonds. The van der Waals surface area contributed by atoms with Crippen LogP contribution in [0.5, 0.6) is 5.75 Å². The largest absolute Gasteiger partial charge is 0.493 e. The molecule has 1 aliphatic carbocycles. The minimum atomic E-state index is -0.502. The van der Waals surface area contributed by atoms with Crippen molar-refractivity contribution in [2.75, 3.05) is 33.8 Å². The number of rotatable bonds is 7. The van der Waals surface area contributed by atoms with E-state index in [1.165, 1.54) is 11.3 Å². The first-order chi connectivity index (χ1) is 16.2. The quantitative estimate of drug-likeness (QED) is 0.540. The molecule has 1 aliphatic heterocycles. The van der Waals surface area contributed by atoms with Gasteiger partial charge in [-0.2, -0.15) is 0 Å². The Morgan fingerprint density at radius 2 is 1.76 bits per heavy atom. The summed E-state index contributed by atoms with van der Waals surface area (Å²) in [5, 5.41) is 0.416. The topological polar surface area (TPSA) is 49.9 Å². The van der Waals surface area contributed by atoms with Gasteiger partial charge in [-0.1, -0.05) is 41.9 Å². The van der Waals surface area contributed by atoms with Crippen LogP contribution < -0.4 is 4.74 Å². The summed E-state index contributed by atoms with van der Waals surface area (Å²) in [5.74, 6) is 2.69. The SMILES string of the molecule is CN(C)C(=O)c1ccc(OC[C@@H]2C[C@H]2C2CCN(C(=O)C(C)(C)c3ccccc3)CC2)cc1Cl. The Morgan fingerprint density at radius 3 is 2.38 bits per heavy atom. The van der Waals surface area contributed by atoms with Crippen molar-refractivity contribution in [3.63, 3.8) is 0 Å². The number of likely N-dealkylation sites (tertiary alicyclic amines) is 1. The van der Waals surface area contributed by atoms with Gasteiger partial charge in [0.1, 0.15) is 5.75 Å². The first kappa shape index (κ1) is 24.6. The second kappa shape index (κ2) is 9.99. The predicted molar refractivity (Wildman–Crippen MR) is 135 cm³/mol. The molecule has 0 N–H and O–H groups in total. The molecule has 1 saturated heterocycles. The highest BCUT2D eigenvalue weighted by atomic mass is 35.5. The number of hydrogen-bond donors (Lipinski definition) is 0. The monoisotopic (exact) mass is 482 g/mol. The summed E-state index contributed by atoms with van der Waals surface area (Å²) in [6.45, 7) is 6.39. The van der Waals surface area contributed by atoms with Gasteiger partial charge in [-0.25, -0.2) is 0 Å². The maximum absolute atomic E-state index is 13.2. The van der Waals surface area contributed by atoms with Crippen molar-refractivity contribution in [2.45, 2.75) is 38.5 Å². The highest BCUT2D eigenvalue weighted by Gasteiger charge is 2.45. The van der Waals surface area contributed by atoms with Crippen molar-refractivity contribution >= 4 is 23.4 Å². The molecular formula is C28H35ClN2O3. The molecule has 4 rings (SSSR count). The number of piperidine rings is 1. The lowest BCUT2D eigenvalue weighted by molar-refractivity contribution is -0.137. The first-order valence-corrected chi connectivity index (χ1v) is 12.5. The van der Waals surface area contributed by atoms with Crippen molar-refractivity contribution < 1.29 is 14.3 Å². The van der Waals surface area contributed by atoms with Gasteiger partial charge in [0.25, 0.3) is 5.91 Å². The highest BCUT2D eigenvalue weighted by Crippen LogP contribution is 2.48. The van der Waals surface area contributed by atoms with Crippen LogP contribution in [0, 0.1) is 17.8 Å². The lowest BCUT2D eigenvalue weighted by Gasteiger charge is -2.37. The molecule has 2 aliphatic rings. The van der Waals surface area contributed by atoms with Crippen molar-refractivity contribution in [3.05, 3.63) is 64.7 Å². The molecule has 1 heterocycles. The number of ether oxygens (including phenoxy) is 1. The standard InChI is InChI=1S/C28H35ClN2O3/c1-28(2,21-8-6-5-7-9-21)27(33)31-14-12-19(13-15-31)24-16-20(24)18-34-22-10-11-23(25(29)17-22)26(32)30(3)4/h5-11,17,19-20,24H,12-16,18H2,1-4H3/t20-,24-/m0/s1. The Kier molecular flexibility index (Phi) is 7.22. The lowest BCUT2D eigenvalue weighted by atomic mass is 9.82. The Morgan fingerprint density at radius 1 is 1.09 bits per heavy atom. The Hall–Kier alpha value is -2.53. The summed E-state index contributed by atoms with van der Waals surface area (Å²) in [6.07, 6.45) is 3.30. The van der Waals surface area contributed by atoms with E-state index in [1.807, 2.05) is 50.2 Å². The predicted octanol–water partition coefficient (Wildman–Crippen LogP) is 5.27. The summed E-state index contributed by atoms with van der Waals surface area (Å²) in [7, 11) is 3.42. The molecule has 2 aromatic rings. The minimum absolute atomic E-state index is 0.115. The first-order valence-electron chi connectivity index (χ1n) is 12.2. The van der Waals surface area contributed by atoms with Crippen LogP contribution in [-0.2, 0) is 10.2 Å². The molecule has 6 heteroatoms. The lowest BCUT2D eigenvalue weighted by Crippen LogP contribution is -2.47. The third-order valence-corrected chi connectivity index (χ3v) is 7.79. The van der Waals surface area contributed by atoms with E-state index in [0.29, 0.717) is 40.7 Å². The van der Waals surface area contributed by atoms with Crippen molar-refractivity contribution in [2.24, 2.45) is 17.8 Å². The van der Waals surface area contributed by atoms with Crippen LogP contribution in [0.25, 0.3) is 0 Å². The fourth-order valence-corrected chi connectivity index (χ4v) is 5.40. The highest BCUT2D eigenvalue weighted by molar-refractivity contribution is 6.34. The number of halogens is 1. The average molecular weight is 483 g/mol. The number of benzene rings is 2. The molecule has 1 saturated carbocycles. The summed E-state index contributed by atoms with van der Waals surface area (Å²) in [6, 6.07) is 15.3. The van der Waals surface area contributed by atoms with Crippen LogP contribution >= 0.6 is 11.6 Å². The van der Waals surface area contributed by atoms with Gasteiger partial charge in [0.2, 0.25) is 5.91 Å². The van der Waals surface area contributed by atoms with Crippen LogP contribution in [0.1, 0.15) is 49.0 Å². The van der Waals surface area contributed by atoms with Crippen LogP contribution in [0.3, 0.4) is 0 Å². The van der Waals surface area contributed by atoms with E-state index in [-0.39, 0.29) is 11.8 Å². The number of hydrogen-bond acceptors (Lipinski definition) is 3. The van der Waals surface area contributed by atoms with Crippen LogP contribution in [0.2, 0.25) is 5.02 Å². The molecule has 0 radical (unpaired) electrons. The van der Waals surface area contributed by atoms with E-state index in [1.54, 1.807) is 26.2 Å². The molecule has 2 atom stereocenters. The molecule has 34 heavy (non-hydrogen) atoms. The van der Waals surface area contributed by atoms with Gasteiger partial charge in [0.05, 0.1) is 22.6 Å². The maximum atomic E-state index is 13.2. The summed E-state index contributed by atoms with van der Waals surface area (Å²) < 4.78 is 6.01. The molecule has 5 nitrogen and oxygen atoms in total. The Labute approximate surface area is 208 Å². The zero-order valence-corrected chi connectivity index (χ0v) is 21.3. The molecule has 2 aromatic carbocycles. The molecule has 2 fully saturated rings. The van der Waals surface area contributed by atoms with Gasteiger partial charge in [0.15, 0.2) is 0 Å². The Bertz CT molecular complexity index is 1030. The second-order valence-corrected chi connectivity index (χ2v) is 10.8. The fourth-order valence-electron chi connectivity index (χ4n) is 5.15. The van der Waals surface area contributed by atoms with Crippen molar-refractivity contribution in [1.82, 2.24) is 9.80 Å². The normalized spacial score (nSPS) is 20.7. The molecule has 182 valence electrons. The van der Waals surface area contributed by atoms with E-state index in [2.05, 4.69) is 4.90 Å². The van der Waals surface area contributed by atoms with E-state index in [0.717, 1.165) is 31.5 Å². The Balaban J connectivity index is 1.24. The smallest absolute Gasteiger partial charge is 0.254 e. The molecule has 0 bridgehead atoms. The minimum Gasteiger partial charge on any atom is -0.493 e. The molecule has 0 aromatic heterocycles. The zero-order valence-electron chi connectivity index (χ0n) is 20.6. The van der Waals surface area contributed by atoms with Crippen molar-refractivity contribution in [1.29, 1.82) is 0 Å². The summed E-state index contributed by atoms with van der Waals surface area (Å²) in [4.78, 5) is 28.9. The van der Waals surface area contributed by atoms with Gasteiger partial charge in [-0.3, -0.25) is 9.59 Å². The molecule has 0 spiro atoms. The van der Waals surface area contributed by atoms with E-state index in [4.69, 9.17) is 16.3 Å². The van der Waals surface area contributed by atoms with Crippen LogP contribution in [0.15, 0.2) is 48.5 Å². The summed E-state index contributed by atoms with van der Waals surface area (Å²) in [5.41, 5.74) is 1.05. The summed E-state index contributed by atoms with van der Waals surface area (Å²) >= 11 is 6.30. The second-order valence-electron chi connectivity index (χ2n) is 10.4. The number of carbonyl (C=O) groups excluding carboxylic acids is 2. The number of nitrogens with zero attached hydrogens (tertiary/aromatic N) is 2. The maximum Gasteiger partial charge on any atom is 0.254 e. The fraction of sp³-hybridized carbons (Fsp3) is 0.500. The third-order valence-electron chi connectivity index (χ3n) is 7.48.